The predicted octanol–water partition coefficient (Wildman–Crippen LogP) is 5.55. The van der Waals surface area contributed by atoms with E-state index in [9.17, 15) is 14.9 Å². The Kier molecular flexibility index (Phi) is 7.93. The van der Waals surface area contributed by atoms with Gasteiger partial charge in [-0.1, -0.05) is 49.0 Å². The molecule has 0 spiro atoms. The zero-order valence-corrected chi connectivity index (χ0v) is 20.8. The Morgan fingerprint density at radius 3 is 2.39 bits per heavy atom. The van der Waals surface area contributed by atoms with Gasteiger partial charge in [-0.2, -0.15) is 5.26 Å². The number of dihydropyridines is 1. The molecule has 4 rings (SSSR count). The van der Waals surface area contributed by atoms with Gasteiger partial charge >= 0.3 is 0 Å². The maximum absolute atomic E-state index is 13.3. The number of nitriles is 1. The number of para-hydroxylation sites is 1. The first-order valence-corrected chi connectivity index (χ1v) is 12.5. The molecule has 0 aliphatic carbocycles. The number of furan rings is 1. The number of rotatable bonds is 8. The topological polar surface area (TPSA) is 107 Å². The third kappa shape index (κ3) is 5.70. The molecule has 0 radical (unpaired) electrons. The number of nitrogens with one attached hydrogen (secondary N) is 3. The molecule has 2 amide bonds. The summed E-state index contributed by atoms with van der Waals surface area (Å²) in [6, 6.07) is 22.5. The van der Waals surface area contributed by atoms with Crippen LogP contribution in [0.25, 0.3) is 0 Å². The molecule has 2 heterocycles. The van der Waals surface area contributed by atoms with Crippen molar-refractivity contribution in [3.05, 3.63) is 106 Å². The number of aryl methyl sites for hydroxylation is 1. The molecular weight excluding hydrogens is 472 g/mol. The number of hydrogen-bond acceptors (Lipinski definition) is 6. The fourth-order valence-electron chi connectivity index (χ4n) is 3.95. The quantitative estimate of drug-likeness (QED) is 0.376. The number of carbonyl (C=O) groups is 2. The van der Waals surface area contributed by atoms with Gasteiger partial charge in [-0.3, -0.25) is 9.59 Å². The first-order valence-electron chi connectivity index (χ1n) is 11.5. The lowest BCUT2D eigenvalue weighted by Crippen LogP contribution is -2.31. The highest BCUT2D eigenvalue weighted by molar-refractivity contribution is 8.03. The first-order chi connectivity index (χ1) is 17.5. The van der Waals surface area contributed by atoms with E-state index in [1.165, 1.54) is 23.6 Å². The van der Waals surface area contributed by atoms with Gasteiger partial charge in [0.25, 0.3) is 5.91 Å². The van der Waals surface area contributed by atoms with E-state index in [0.717, 1.165) is 6.42 Å². The lowest BCUT2D eigenvalue weighted by atomic mass is 9.85. The Labute approximate surface area is 214 Å². The molecular formula is C28H26N4O3S. The SMILES string of the molecule is CCc1ccc(NC(=O)CSC2=C(C#N)[C@@H](c3ccco3)C(C(=O)Nc3ccccc3)=C(C)N2)cc1. The van der Waals surface area contributed by atoms with Crippen molar-refractivity contribution < 1.29 is 14.0 Å². The highest BCUT2D eigenvalue weighted by atomic mass is 32.2. The molecule has 0 unspecified atom stereocenters. The van der Waals surface area contributed by atoms with Crippen LogP contribution in [0.4, 0.5) is 11.4 Å². The van der Waals surface area contributed by atoms with E-state index >= 15 is 0 Å². The second-order valence-electron chi connectivity index (χ2n) is 8.17. The minimum absolute atomic E-state index is 0.0900. The minimum Gasteiger partial charge on any atom is -0.468 e. The summed E-state index contributed by atoms with van der Waals surface area (Å²) < 4.78 is 5.64. The van der Waals surface area contributed by atoms with Crippen molar-refractivity contribution in [2.75, 3.05) is 16.4 Å². The van der Waals surface area contributed by atoms with Gasteiger partial charge in [0.05, 0.1) is 40.2 Å². The molecule has 3 N–H and O–H groups in total. The second kappa shape index (κ2) is 11.5. The van der Waals surface area contributed by atoms with Gasteiger partial charge in [0.1, 0.15) is 5.76 Å². The number of thioether (sulfide) groups is 1. The largest absolute Gasteiger partial charge is 0.468 e. The number of carbonyl (C=O) groups excluding carboxylic acids is 2. The maximum atomic E-state index is 13.3. The highest BCUT2D eigenvalue weighted by Crippen LogP contribution is 2.41. The lowest BCUT2D eigenvalue weighted by Gasteiger charge is -2.28. The van der Waals surface area contributed by atoms with E-state index in [1.807, 2.05) is 42.5 Å². The van der Waals surface area contributed by atoms with E-state index in [-0.39, 0.29) is 17.6 Å². The molecule has 0 fully saturated rings. The van der Waals surface area contributed by atoms with Crippen molar-refractivity contribution >= 4 is 35.0 Å². The van der Waals surface area contributed by atoms with Crippen LogP contribution in [0.3, 0.4) is 0 Å². The summed E-state index contributed by atoms with van der Waals surface area (Å²) in [5, 5.41) is 19.6. The van der Waals surface area contributed by atoms with E-state index in [1.54, 1.807) is 31.2 Å². The lowest BCUT2D eigenvalue weighted by molar-refractivity contribution is -0.114. The van der Waals surface area contributed by atoms with Crippen molar-refractivity contribution in [2.24, 2.45) is 0 Å². The van der Waals surface area contributed by atoms with Crippen LogP contribution in [-0.2, 0) is 16.0 Å². The molecule has 0 saturated heterocycles. The van der Waals surface area contributed by atoms with Crippen LogP contribution >= 0.6 is 11.8 Å². The molecule has 36 heavy (non-hydrogen) atoms. The minimum atomic E-state index is -0.706. The van der Waals surface area contributed by atoms with Crippen molar-refractivity contribution in [2.45, 2.75) is 26.2 Å². The zero-order valence-electron chi connectivity index (χ0n) is 20.0. The molecule has 2 aromatic carbocycles. The normalized spacial score (nSPS) is 15.2. The Balaban J connectivity index is 1.55. The Morgan fingerprint density at radius 1 is 1.03 bits per heavy atom. The second-order valence-corrected chi connectivity index (χ2v) is 9.16. The van der Waals surface area contributed by atoms with E-state index in [2.05, 4.69) is 28.9 Å². The van der Waals surface area contributed by atoms with Crippen LogP contribution in [0.5, 0.6) is 0 Å². The molecule has 1 aliphatic heterocycles. The van der Waals surface area contributed by atoms with E-state index in [0.29, 0.717) is 39.0 Å². The van der Waals surface area contributed by atoms with Crippen LogP contribution in [0.2, 0.25) is 0 Å². The summed E-state index contributed by atoms with van der Waals surface area (Å²) in [6.45, 7) is 3.85. The molecule has 0 bridgehead atoms. The summed E-state index contributed by atoms with van der Waals surface area (Å²) in [5.74, 6) is -0.671. The molecule has 8 heteroatoms. The monoisotopic (exact) mass is 498 g/mol. The zero-order chi connectivity index (χ0) is 25.5. The first kappa shape index (κ1) is 24.9. The Hall–Kier alpha value is -4.22. The van der Waals surface area contributed by atoms with Crippen LogP contribution in [0.15, 0.2) is 99.3 Å². The van der Waals surface area contributed by atoms with Crippen molar-refractivity contribution in [1.82, 2.24) is 5.32 Å². The summed E-state index contributed by atoms with van der Waals surface area (Å²) >= 11 is 1.21. The average Bonchev–Trinajstić information content (AvgIpc) is 3.42. The molecule has 1 aliphatic rings. The van der Waals surface area contributed by atoms with Gasteiger partial charge in [0, 0.05) is 17.1 Å². The summed E-state index contributed by atoms with van der Waals surface area (Å²) in [6.07, 6.45) is 2.44. The number of amides is 2. The molecule has 182 valence electrons. The molecule has 7 nitrogen and oxygen atoms in total. The van der Waals surface area contributed by atoms with Crippen molar-refractivity contribution in [3.8, 4) is 6.07 Å². The maximum Gasteiger partial charge on any atom is 0.254 e. The number of anilines is 2. The van der Waals surface area contributed by atoms with Crippen molar-refractivity contribution in [3.63, 3.8) is 0 Å². The third-order valence-electron chi connectivity index (χ3n) is 5.74. The van der Waals surface area contributed by atoms with E-state index < -0.39 is 5.92 Å². The van der Waals surface area contributed by atoms with E-state index in [4.69, 9.17) is 4.42 Å². The highest BCUT2D eigenvalue weighted by Gasteiger charge is 2.36. The average molecular weight is 499 g/mol. The molecule has 0 saturated carbocycles. The summed E-state index contributed by atoms with van der Waals surface area (Å²) in [5.41, 5.74) is 3.84. The Bertz CT molecular complexity index is 1340. The van der Waals surface area contributed by atoms with Gasteiger partial charge in [-0.15, -0.1) is 0 Å². The molecule has 1 aromatic heterocycles. The van der Waals surface area contributed by atoms with Crippen LogP contribution in [0, 0.1) is 11.3 Å². The fourth-order valence-corrected chi connectivity index (χ4v) is 4.84. The number of allylic oxidation sites excluding steroid dienone is 2. The van der Waals surface area contributed by atoms with Gasteiger partial charge in [0.15, 0.2) is 0 Å². The van der Waals surface area contributed by atoms with Crippen LogP contribution in [-0.4, -0.2) is 17.6 Å². The summed E-state index contributed by atoms with van der Waals surface area (Å²) in [7, 11) is 0. The molecule has 3 aromatic rings. The smallest absolute Gasteiger partial charge is 0.254 e. The Morgan fingerprint density at radius 2 is 1.75 bits per heavy atom. The van der Waals surface area contributed by atoms with Gasteiger partial charge in [-0.25, -0.2) is 0 Å². The van der Waals surface area contributed by atoms with Crippen molar-refractivity contribution in [1.29, 1.82) is 5.26 Å². The predicted molar refractivity (Wildman–Crippen MR) is 142 cm³/mol. The number of nitrogens with zero attached hydrogens (tertiary/aromatic N) is 1. The van der Waals surface area contributed by atoms with Crippen LogP contribution < -0.4 is 16.0 Å². The van der Waals surface area contributed by atoms with Gasteiger partial charge in [-0.05, 0) is 55.3 Å². The summed E-state index contributed by atoms with van der Waals surface area (Å²) in [4.78, 5) is 25.9. The van der Waals surface area contributed by atoms with Gasteiger partial charge in [0.2, 0.25) is 5.91 Å². The van der Waals surface area contributed by atoms with Gasteiger partial charge < -0.3 is 20.4 Å². The third-order valence-corrected chi connectivity index (χ3v) is 6.76. The standard InChI is InChI=1S/C28H26N4O3S/c1-3-19-11-13-21(14-12-19)31-24(33)17-36-28-22(16-29)26(23-10-7-15-35-23)25(18(2)30-28)27(34)32-20-8-5-4-6-9-20/h4-15,26,30H,3,17H2,1-2H3,(H,31,33)(H,32,34)/t26-/m0/s1. The number of benzene rings is 2. The van der Waals surface area contributed by atoms with Crippen LogP contribution in [0.1, 0.15) is 31.1 Å². The number of hydrogen-bond donors (Lipinski definition) is 3. The fraction of sp³-hybridized carbons (Fsp3) is 0.179. The molecule has 1 atom stereocenters.